The third-order valence-electron chi connectivity index (χ3n) is 4.91. The summed E-state index contributed by atoms with van der Waals surface area (Å²) in [6.07, 6.45) is 3.87. The van der Waals surface area contributed by atoms with Crippen LogP contribution in [0.4, 0.5) is 10.5 Å². The van der Waals surface area contributed by atoms with E-state index in [1.165, 1.54) is 6.07 Å². The number of urea groups is 1. The van der Waals surface area contributed by atoms with Gasteiger partial charge < -0.3 is 15.4 Å². The van der Waals surface area contributed by atoms with Crippen molar-refractivity contribution in [2.75, 3.05) is 25.5 Å². The van der Waals surface area contributed by atoms with E-state index >= 15 is 0 Å². The molecule has 29 heavy (non-hydrogen) atoms. The molecular weight excluding hydrogens is 390 g/mol. The predicted molar refractivity (Wildman–Crippen MR) is 113 cm³/mol. The monoisotopic (exact) mass is 417 g/mol. The molecule has 0 radical (unpaired) electrons. The molecule has 0 saturated carbocycles. The van der Waals surface area contributed by atoms with Crippen LogP contribution in [0.2, 0.25) is 0 Å². The molecular formula is C21H27N3O4S. The number of nitrogens with zero attached hydrogens (tertiary/aromatic N) is 1. The Kier molecular flexibility index (Phi) is 7.11. The lowest BCUT2D eigenvalue weighted by molar-refractivity contribution is 0.251. The van der Waals surface area contributed by atoms with E-state index in [1.807, 2.05) is 24.3 Å². The number of hydrogen-bond donors (Lipinski definition) is 2. The number of sulfonamides is 1. The second kappa shape index (κ2) is 9.76. The van der Waals surface area contributed by atoms with Gasteiger partial charge in [-0.25, -0.2) is 13.2 Å². The molecule has 0 bridgehead atoms. The van der Waals surface area contributed by atoms with Crippen LogP contribution < -0.4 is 15.4 Å². The van der Waals surface area contributed by atoms with Crippen molar-refractivity contribution in [1.82, 2.24) is 9.62 Å². The van der Waals surface area contributed by atoms with Gasteiger partial charge in [0, 0.05) is 25.3 Å². The van der Waals surface area contributed by atoms with E-state index in [0.717, 1.165) is 37.0 Å². The number of carbonyl (C=O) groups excluding carboxylic acids is 1. The molecule has 2 N–H and O–H groups in total. The summed E-state index contributed by atoms with van der Waals surface area (Å²) in [7, 11) is -1.96. The average molecular weight is 418 g/mol. The first-order valence-electron chi connectivity index (χ1n) is 9.77. The normalized spacial score (nSPS) is 15.3. The van der Waals surface area contributed by atoms with Gasteiger partial charge in [-0.05, 0) is 48.7 Å². The number of rotatable bonds is 6. The molecule has 1 fully saturated rings. The van der Waals surface area contributed by atoms with Gasteiger partial charge in [0.05, 0.1) is 12.0 Å². The van der Waals surface area contributed by atoms with Crippen LogP contribution >= 0.6 is 0 Å². The van der Waals surface area contributed by atoms with Crippen LogP contribution in [-0.4, -0.2) is 39.0 Å². The second-order valence-corrected chi connectivity index (χ2v) is 8.94. The van der Waals surface area contributed by atoms with E-state index in [9.17, 15) is 13.2 Å². The molecule has 2 aromatic carbocycles. The molecule has 1 saturated heterocycles. The minimum absolute atomic E-state index is 0.201. The summed E-state index contributed by atoms with van der Waals surface area (Å²) in [5, 5.41) is 5.47. The highest BCUT2D eigenvalue weighted by Gasteiger charge is 2.25. The van der Waals surface area contributed by atoms with Crippen molar-refractivity contribution in [3.63, 3.8) is 0 Å². The molecule has 3 rings (SSSR count). The van der Waals surface area contributed by atoms with Crippen LogP contribution in [0.5, 0.6) is 5.75 Å². The summed E-state index contributed by atoms with van der Waals surface area (Å²) in [5.41, 5.74) is 1.37. The van der Waals surface area contributed by atoms with Crippen LogP contribution in [-0.2, 0) is 16.6 Å². The van der Waals surface area contributed by atoms with Gasteiger partial charge in [0.25, 0.3) is 0 Å². The van der Waals surface area contributed by atoms with Gasteiger partial charge in [-0.1, -0.05) is 31.0 Å². The minimum Gasteiger partial charge on any atom is -0.497 e. The van der Waals surface area contributed by atoms with E-state index in [0.29, 0.717) is 25.3 Å². The van der Waals surface area contributed by atoms with E-state index in [2.05, 4.69) is 10.6 Å². The highest BCUT2D eigenvalue weighted by atomic mass is 32.2. The molecule has 7 nitrogen and oxygen atoms in total. The fourth-order valence-electron chi connectivity index (χ4n) is 3.27. The zero-order valence-electron chi connectivity index (χ0n) is 16.6. The van der Waals surface area contributed by atoms with Crippen molar-refractivity contribution in [3.05, 3.63) is 54.1 Å². The first kappa shape index (κ1) is 21.1. The Hall–Kier alpha value is -2.58. The van der Waals surface area contributed by atoms with Gasteiger partial charge in [0.2, 0.25) is 10.0 Å². The number of anilines is 1. The Morgan fingerprint density at radius 3 is 2.38 bits per heavy atom. The Morgan fingerprint density at radius 1 is 1.03 bits per heavy atom. The molecule has 1 heterocycles. The number of amides is 2. The minimum atomic E-state index is -3.56. The molecule has 0 aliphatic carbocycles. The molecule has 0 aromatic heterocycles. The summed E-state index contributed by atoms with van der Waals surface area (Å²) >= 11 is 0. The van der Waals surface area contributed by atoms with Crippen molar-refractivity contribution in [2.45, 2.75) is 37.1 Å². The molecule has 0 atom stereocenters. The maximum absolute atomic E-state index is 12.9. The summed E-state index contributed by atoms with van der Waals surface area (Å²) in [5.74, 6) is 0.751. The Labute approximate surface area is 172 Å². The largest absolute Gasteiger partial charge is 0.497 e. The van der Waals surface area contributed by atoms with Crippen LogP contribution in [0.15, 0.2) is 53.4 Å². The lowest BCUT2D eigenvalue weighted by Crippen LogP contribution is -2.32. The van der Waals surface area contributed by atoms with Crippen molar-refractivity contribution >= 4 is 21.7 Å². The standard InChI is InChI=1S/C21H27N3O4S/c1-28-19-11-9-17(10-12-19)16-22-21(25)23-18-7-6-8-20(15-18)29(26,27)24-13-4-2-3-5-14-24/h6-12,15H,2-5,13-14,16H2,1H3,(H2,22,23,25). The molecule has 2 aromatic rings. The van der Waals surface area contributed by atoms with Gasteiger partial charge in [-0.2, -0.15) is 4.31 Å². The fraction of sp³-hybridized carbons (Fsp3) is 0.381. The lowest BCUT2D eigenvalue weighted by atomic mass is 10.2. The Bertz CT molecular complexity index is 921. The number of hydrogen-bond acceptors (Lipinski definition) is 4. The third-order valence-corrected chi connectivity index (χ3v) is 6.80. The van der Waals surface area contributed by atoms with Crippen molar-refractivity contribution in [1.29, 1.82) is 0 Å². The Morgan fingerprint density at radius 2 is 1.72 bits per heavy atom. The SMILES string of the molecule is COc1ccc(CNC(=O)Nc2cccc(S(=O)(=O)N3CCCCCC3)c2)cc1. The van der Waals surface area contributed by atoms with E-state index < -0.39 is 16.1 Å². The smallest absolute Gasteiger partial charge is 0.319 e. The maximum atomic E-state index is 12.9. The number of carbonyl (C=O) groups is 1. The average Bonchev–Trinajstić information content (AvgIpc) is 3.03. The molecule has 1 aliphatic heterocycles. The molecule has 2 amide bonds. The van der Waals surface area contributed by atoms with Crippen LogP contribution in [0.1, 0.15) is 31.2 Å². The van der Waals surface area contributed by atoms with E-state index in [-0.39, 0.29) is 4.90 Å². The zero-order valence-corrected chi connectivity index (χ0v) is 17.4. The van der Waals surface area contributed by atoms with Gasteiger partial charge in [-0.3, -0.25) is 0 Å². The van der Waals surface area contributed by atoms with Gasteiger partial charge >= 0.3 is 6.03 Å². The summed E-state index contributed by atoms with van der Waals surface area (Å²) < 4.78 is 32.5. The first-order chi connectivity index (χ1) is 14.0. The Balaban J connectivity index is 1.61. The summed E-state index contributed by atoms with van der Waals surface area (Å²) in [6, 6.07) is 13.4. The summed E-state index contributed by atoms with van der Waals surface area (Å²) in [6.45, 7) is 1.44. The maximum Gasteiger partial charge on any atom is 0.319 e. The number of methoxy groups -OCH3 is 1. The van der Waals surface area contributed by atoms with Gasteiger partial charge in [-0.15, -0.1) is 0 Å². The first-order valence-corrected chi connectivity index (χ1v) is 11.2. The molecule has 1 aliphatic rings. The predicted octanol–water partition coefficient (Wildman–Crippen LogP) is 3.58. The highest BCUT2D eigenvalue weighted by Crippen LogP contribution is 2.22. The topological polar surface area (TPSA) is 87.7 Å². The van der Waals surface area contributed by atoms with Gasteiger partial charge in [0.15, 0.2) is 0 Å². The quantitative estimate of drug-likeness (QED) is 0.752. The van der Waals surface area contributed by atoms with Gasteiger partial charge in [0.1, 0.15) is 5.75 Å². The van der Waals surface area contributed by atoms with E-state index in [4.69, 9.17) is 4.74 Å². The zero-order chi connectivity index (χ0) is 20.7. The molecule has 0 spiro atoms. The fourth-order valence-corrected chi connectivity index (χ4v) is 4.83. The number of nitrogens with one attached hydrogen (secondary N) is 2. The van der Waals surface area contributed by atoms with Crippen molar-refractivity contribution < 1.29 is 17.9 Å². The molecule has 156 valence electrons. The van der Waals surface area contributed by atoms with E-state index in [1.54, 1.807) is 29.6 Å². The number of benzene rings is 2. The van der Waals surface area contributed by atoms with Crippen LogP contribution in [0.3, 0.4) is 0 Å². The van der Waals surface area contributed by atoms with Crippen molar-refractivity contribution in [2.24, 2.45) is 0 Å². The molecule has 8 heteroatoms. The summed E-state index contributed by atoms with van der Waals surface area (Å²) in [4.78, 5) is 12.4. The van der Waals surface area contributed by atoms with Crippen LogP contribution in [0.25, 0.3) is 0 Å². The highest BCUT2D eigenvalue weighted by molar-refractivity contribution is 7.89. The third kappa shape index (κ3) is 5.71. The molecule has 0 unspecified atom stereocenters. The second-order valence-electron chi connectivity index (χ2n) is 7.00. The number of ether oxygens (including phenoxy) is 1. The lowest BCUT2D eigenvalue weighted by Gasteiger charge is -2.20. The van der Waals surface area contributed by atoms with Crippen LogP contribution in [0, 0.1) is 0 Å². The van der Waals surface area contributed by atoms with Crippen molar-refractivity contribution in [3.8, 4) is 5.75 Å².